The van der Waals surface area contributed by atoms with Gasteiger partial charge in [-0.1, -0.05) is 51.1 Å². The van der Waals surface area contributed by atoms with Crippen molar-refractivity contribution in [3.63, 3.8) is 0 Å². The maximum absolute atomic E-state index is 9.70. The van der Waals surface area contributed by atoms with Gasteiger partial charge in [-0.3, -0.25) is 4.90 Å². The molecule has 4 heteroatoms. The average molecular weight is 322 g/mol. The van der Waals surface area contributed by atoms with Crippen LogP contribution in [0.2, 0.25) is 18.1 Å². The number of nitrogens with zero attached hydrogens (tertiary/aromatic N) is 1. The van der Waals surface area contributed by atoms with Crippen LogP contribution in [0.3, 0.4) is 0 Å². The van der Waals surface area contributed by atoms with Crippen molar-refractivity contribution >= 4 is 8.32 Å². The van der Waals surface area contributed by atoms with Crippen molar-refractivity contribution in [2.75, 3.05) is 13.2 Å². The summed E-state index contributed by atoms with van der Waals surface area (Å²) in [5.41, 5.74) is 1.30. The number of hydrogen-bond acceptors (Lipinski definition) is 3. The Labute approximate surface area is 136 Å². The van der Waals surface area contributed by atoms with Crippen molar-refractivity contribution in [2.45, 2.75) is 64.0 Å². The summed E-state index contributed by atoms with van der Waals surface area (Å²) in [6.45, 7) is 13.5. The maximum atomic E-state index is 9.70. The summed E-state index contributed by atoms with van der Waals surface area (Å²) in [5.74, 6) is 0. The lowest BCUT2D eigenvalue weighted by Crippen LogP contribution is -2.44. The fourth-order valence-corrected chi connectivity index (χ4v) is 4.18. The first-order valence-corrected chi connectivity index (χ1v) is 11.2. The molecule has 0 saturated carbocycles. The van der Waals surface area contributed by atoms with Crippen LogP contribution in [0.25, 0.3) is 0 Å². The molecule has 1 fully saturated rings. The molecule has 124 valence electrons. The van der Waals surface area contributed by atoms with Crippen LogP contribution in [0.15, 0.2) is 30.3 Å². The average Bonchev–Trinajstić information content (AvgIpc) is 2.79. The van der Waals surface area contributed by atoms with E-state index >= 15 is 0 Å². The van der Waals surface area contributed by atoms with E-state index < -0.39 is 8.32 Å². The minimum absolute atomic E-state index is 0.212. The Morgan fingerprint density at radius 2 is 1.86 bits per heavy atom. The Morgan fingerprint density at radius 1 is 1.23 bits per heavy atom. The van der Waals surface area contributed by atoms with Gasteiger partial charge in [-0.25, -0.2) is 0 Å². The molecule has 1 aliphatic rings. The quantitative estimate of drug-likeness (QED) is 0.840. The second-order valence-corrected chi connectivity index (χ2v) is 12.7. The summed E-state index contributed by atoms with van der Waals surface area (Å²) in [6, 6.07) is 10.7. The van der Waals surface area contributed by atoms with E-state index in [-0.39, 0.29) is 23.8 Å². The van der Waals surface area contributed by atoms with E-state index in [1.807, 2.05) is 6.07 Å². The van der Waals surface area contributed by atoms with Crippen LogP contribution in [-0.2, 0) is 11.0 Å². The highest BCUT2D eigenvalue weighted by atomic mass is 28.4. The molecule has 0 amide bonds. The largest absolute Gasteiger partial charge is 0.413 e. The lowest BCUT2D eigenvalue weighted by atomic mass is 10.2. The van der Waals surface area contributed by atoms with Crippen molar-refractivity contribution < 1.29 is 9.53 Å². The molecule has 1 aromatic rings. The third-order valence-electron chi connectivity index (χ3n) is 5.20. The van der Waals surface area contributed by atoms with Crippen LogP contribution in [0.5, 0.6) is 0 Å². The molecular formula is C18H31NO2Si. The highest BCUT2D eigenvalue weighted by Crippen LogP contribution is 2.39. The van der Waals surface area contributed by atoms with Crippen molar-refractivity contribution in [1.29, 1.82) is 0 Å². The lowest BCUT2D eigenvalue weighted by Gasteiger charge is -2.38. The van der Waals surface area contributed by atoms with Crippen LogP contribution >= 0.6 is 0 Å². The van der Waals surface area contributed by atoms with Gasteiger partial charge in [0.15, 0.2) is 8.32 Å². The Balaban J connectivity index is 2.00. The van der Waals surface area contributed by atoms with Crippen LogP contribution < -0.4 is 0 Å². The van der Waals surface area contributed by atoms with Gasteiger partial charge in [-0.2, -0.15) is 0 Å². The molecular weight excluding hydrogens is 290 g/mol. The third kappa shape index (κ3) is 4.19. The first-order valence-electron chi connectivity index (χ1n) is 8.29. The Bertz CT molecular complexity index is 470. The molecule has 2 rings (SSSR count). The molecule has 0 bridgehead atoms. The first-order chi connectivity index (χ1) is 10.2. The van der Waals surface area contributed by atoms with E-state index in [1.165, 1.54) is 5.56 Å². The minimum atomic E-state index is -1.74. The van der Waals surface area contributed by atoms with Crippen molar-refractivity contribution in [3.05, 3.63) is 35.9 Å². The Morgan fingerprint density at radius 3 is 2.41 bits per heavy atom. The molecule has 0 unspecified atom stereocenters. The summed E-state index contributed by atoms with van der Waals surface area (Å²) < 4.78 is 6.55. The Hall–Kier alpha value is -0.683. The maximum Gasteiger partial charge on any atom is 0.192 e. The van der Waals surface area contributed by atoms with E-state index in [1.54, 1.807) is 0 Å². The highest BCUT2D eigenvalue weighted by Gasteiger charge is 2.42. The number of rotatable bonds is 5. The molecule has 1 saturated heterocycles. The molecule has 1 aromatic carbocycles. The van der Waals surface area contributed by atoms with Gasteiger partial charge in [0.1, 0.15) is 0 Å². The van der Waals surface area contributed by atoms with Gasteiger partial charge in [0.2, 0.25) is 0 Å². The minimum Gasteiger partial charge on any atom is -0.413 e. The van der Waals surface area contributed by atoms with Crippen LogP contribution in [-0.4, -0.2) is 43.6 Å². The number of benzene rings is 1. The van der Waals surface area contributed by atoms with Crippen LogP contribution in [0.4, 0.5) is 0 Å². The van der Waals surface area contributed by atoms with Gasteiger partial charge >= 0.3 is 0 Å². The van der Waals surface area contributed by atoms with Crippen LogP contribution in [0, 0.1) is 0 Å². The topological polar surface area (TPSA) is 32.7 Å². The highest BCUT2D eigenvalue weighted by molar-refractivity contribution is 6.74. The van der Waals surface area contributed by atoms with Gasteiger partial charge in [0.05, 0.1) is 12.7 Å². The summed E-state index contributed by atoms with van der Waals surface area (Å²) in [7, 11) is -1.74. The van der Waals surface area contributed by atoms with Crippen molar-refractivity contribution in [3.8, 4) is 0 Å². The van der Waals surface area contributed by atoms with Crippen molar-refractivity contribution in [1.82, 2.24) is 4.90 Å². The molecule has 1 N–H and O–H groups in total. The number of aliphatic hydroxyl groups excluding tert-OH is 1. The van der Waals surface area contributed by atoms with Gasteiger partial charge in [-0.05, 0) is 30.1 Å². The smallest absolute Gasteiger partial charge is 0.192 e. The van der Waals surface area contributed by atoms with E-state index in [9.17, 15) is 5.11 Å². The van der Waals surface area contributed by atoms with Crippen molar-refractivity contribution in [2.24, 2.45) is 0 Å². The van der Waals surface area contributed by atoms with E-state index in [2.05, 4.69) is 63.0 Å². The third-order valence-corrected chi connectivity index (χ3v) is 9.73. The van der Waals surface area contributed by atoms with E-state index in [0.717, 1.165) is 19.5 Å². The van der Waals surface area contributed by atoms with E-state index in [0.29, 0.717) is 0 Å². The molecule has 3 nitrogen and oxygen atoms in total. The fourth-order valence-electron chi connectivity index (χ4n) is 2.82. The standard InChI is InChI=1S/C18H31NO2Si/c1-18(2,3)22(4,5)21-17-11-16(14-20)19(13-17)12-15-9-7-6-8-10-15/h6-10,16-17,20H,11-14H2,1-5H3/t16-,17-/m1/s1. The number of aliphatic hydroxyl groups is 1. The molecule has 22 heavy (non-hydrogen) atoms. The normalized spacial score (nSPS) is 23.9. The Kier molecular flexibility index (Phi) is 5.48. The summed E-state index contributed by atoms with van der Waals surface area (Å²) in [6.07, 6.45) is 1.19. The van der Waals surface area contributed by atoms with Crippen LogP contribution in [0.1, 0.15) is 32.8 Å². The molecule has 0 aliphatic carbocycles. The molecule has 0 radical (unpaired) electrons. The molecule has 1 heterocycles. The fraction of sp³-hybridized carbons (Fsp3) is 0.667. The molecule has 1 aliphatic heterocycles. The second-order valence-electron chi connectivity index (χ2n) is 7.99. The summed E-state index contributed by atoms with van der Waals surface area (Å²) >= 11 is 0. The zero-order chi connectivity index (χ0) is 16.4. The number of hydrogen-bond donors (Lipinski definition) is 1. The van der Waals surface area contributed by atoms with E-state index in [4.69, 9.17) is 4.43 Å². The predicted molar refractivity (Wildman–Crippen MR) is 94.4 cm³/mol. The zero-order valence-electron chi connectivity index (χ0n) is 14.7. The first kappa shape index (κ1) is 17.7. The summed E-state index contributed by atoms with van der Waals surface area (Å²) in [5, 5.41) is 9.94. The molecule has 0 spiro atoms. The van der Waals surface area contributed by atoms with Gasteiger partial charge < -0.3 is 9.53 Å². The van der Waals surface area contributed by atoms with Gasteiger partial charge in [0, 0.05) is 19.1 Å². The van der Waals surface area contributed by atoms with Gasteiger partial charge in [-0.15, -0.1) is 0 Å². The lowest BCUT2D eigenvalue weighted by molar-refractivity contribution is 0.150. The number of likely N-dealkylation sites (tertiary alicyclic amines) is 1. The monoisotopic (exact) mass is 321 g/mol. The second kappa shape index (κ2) is 6.83. The SMILES string of the molecule is CC(C)(C)[Si](C)(C)O[C@@H]1C[C@H](CO)N(Cc2ccccc2)C1. The zero-order valence-corrected chi connectivity index (χ0v) is 15.7. The summed E-state index contributed by atoms with van der Waals surface area (Å²) in [4.78, 5) is 2.37. The van der Waals surface area contributed by atoms with Gasteiger partial charge in [0.25, 0.3) is 0 Å². The molecule has 2 atom stereocenters. The predicted octanol–water partition coefficient (Wildman–Crippen LogP) is 3.64. The molecule has 0 aromatic heterocycles.